The summed E-state index contributed by atoms with van der Waals surface area (Å²) in [4.78, 5) is 11.2. The first-order valence-corrected chi connectivity index (χ1v) is 9.29. The number of fused-ring (bicyclic) bond motifs is 2. The van der Waals surface area contributed by atoms with Gasteiger partial charge in [0.2, 0.25) is 15.9 Å². The summed E-state index contributed by atoms with van der Waals surface area (Å²) in [7, 11) is -3.47. The van der Waals surface area contributed by atoms with Crippen LogP contribution in [0.2, 0.25) is 0 Å². The van der Waals surface area contributed by atoms with E-state index >= 15 is 0 Å². The second kappa shape index (κ2) is 6.01. The molecular weight excluding hydrogens is 300 g/mol. The Morgan fingerprint density at radius 1 is 1.18 bits per heavy atom. The molecule has 0 aromatic heterocycles. The van der Waals surface area contributed by atoms with E-state index in [0.717, 1.165) is 12.3 Å². The third kappa shape index (κ3) is 3.33. The fraction of sp³-hybridized carbons (Fsp3) is 0.562. The number of hydrogen-bond acceptors (Lipinski definition) is 3. The van der Waals surface area contributed by atoms with Crippen LogP contribution in [0, 0.1) is 17.8 Å². The third-order valence-electron chi connectivity index (χ3n) is 4.91. The van der Waals surface area contributed by atoms with E-state index in [0.29, 0.717) is 24.1 Å². The van der Waals surface area contributed by atoms with E-state index in [1.54, 1.807) is 12.1 Å². The lowest BCUT2D eigenvalue weighted by Gasteiger charge is -2.21. The summed E-state index contributed by atoms with van der Waals surface area (Å²) in [6.45, 7) is 1.96. The Bertz CT molecular complexity index is 654. The molecule has 0 unspecified atom stereocenters. The van der Waals surface area contributed by atoms with Gasteiger partial charge < -0.3 is 5.32 Å². The zero-order chi connectivity index (χ0) is 15.7. The molecule has 5 nitrogen and oxygen atoms in total. The molecule has 2 bridgehead atoms. The van der Waals surface area contributed by atoms with Crippen LogP contribution >= 0.6 is 0 Å². The molecule has 1 aromatic carbocycles. The smallest absolute Gasteiger partial charge is 0.240 e. The fourth-order valence-corrected chi connectivity index (χ4v) is 4.94. The average Bonchev–Trinajstić information content (AvgIpc) is 3.08. The summed E-state index contributed by atoms with van der Waals surface area (Å²) in [6.07, 6.45) is 5.01. The largest absolute Gasteiger partial charge is 0.326 e. The SMILES string of the molecule is CC(=O)Nc1ccc(S(=O)(=O)NC[C@@H]2C[C@@H]3CC[C@H]2C3)cc1. The van der Waals surface area contributed by atoms with Crippen LogP contribution in [-0.4, -0.2) is 20.9 Å². The normalized spacial score (nSPS) is 27.0. The monoisotopic (exact) mass is 322 g/mol. The molecule has 3 rings (SSSR count). The number of anilines is 1. The predicted molar refractivity (Wildman–Crippen MR) is 84.9 cm³/mol. The van der Waals surface area contributed by atoms with Gasteiger partial charge in [-0.3, -0.25) is 4.79 Å². The molecular formula is C16H22N2O3S. The van der Waals surface area contributed by atoms with Crippen molar-refractivity contribution in [3.8, 4) is 0 Å². The first-order chi connectivity index (χ1) is 10.4. The fourth-order valence-electron chi connectivity index (χ4n) is 3.85. The van der Waals surface area contributed by atoms with Crippen LogP contribution in [0.25, 0.3) is 0 Å². The number of hydrogen-bond donors (Lipinski definition) is 2. The summed E-state index contributed by atoms with van der Waals surface area (Å²) >= 11 is 0. The Kier molecular flexibility index (Phi) is 4.23. The minimum Gasteiger partial charge on any atom is -0.326 e. The van der Waals surface area contributed by atoms with E-state index in [-0.39, 0.29) is 10.8 Å². The number of amides is 1. The Hall–Kier alpha value is -1.40. The summed E-state index contributed by atoms with van der Waals surface area (Å²) in [6, 6.07) is 6.25. The van der Waals surface area contributed by atoms with Crippen LogP contribution < -0.4 is 10.0 Å². The highest BCUT2D eigenvalue weighted by atomic mass is 32.2. The van der Waals surface area contributed by atoms with Gasteiger partial charge in [0, 0.05) is 19.2 Å². The zero-order valence-corrected chi connectivity index (χ0v) is 13.5. The van der Waals surface area contributed by atoms with Crippen LogP contribution in [-0.2, 0) is 14.8 Å². The van der Waals surface area contributed by atoms with E-state index in [2.05, 4.69) is 10.0 Å². The van der Waals surface area contributed by atoms with Crippen molar-refractivity contribution in [2.45, 2.75) is 37.5 Å². The molecule has 6 heteroatoms. The molecule has 2 aliphatic rings. The minimum absolute atomic E-state index is 0.176. The average molecular weight is 322 g/mol. The summed E-state index contributed by atoms with van der Waals surface area (Å²) in [5, 5.41) is 2.62. The van der Waals surface area contributed by atoms with Gasteiger partial charge in [-0.2, -0.15) is 0 Å². The van der Waals surface area contributed by atoms with E-state index in [1.165, 1.54) is 38.3 Å². The summed E-state index contributed by atoms with van der Waals surface area (Å²) in [5.74, 6) is 1.84. The van der Waals surface area contributed by atoms with Gasteiger partial charge in [0.25, 0.3) is 0 Å². The third-order valence-corrected chi connectivity index (χ3v) is 6.34. The number of nitrogens with one attached hydrogen (secondary N) is 2. The molecule has 1 aromatic rings. The molecule has 3 atom stereocenters. The van der Waals surface area contributed by atoms with Gasteiger partial charge in [0.15, 0.2) is 0 Å². The predicted octanol–water partition coefficient (Wildman–Crippen LogP) is 2.36. The Morgan fingerprint density at radius 3 is 2.45 bits per heavy atom. The Morgan fingerprint density at radius 2 is 1.91 bits per heavy atom. The number of benzene rings is 1. The van der Waals surface area contributed by atoms with Crippen molar-refractivity contribution in [1.82, 2.24) is 4.72 Å². The quantitative estimate of drug-likeness (QED) is 0.874. The molecule has 0 radical (unpaired) electrons. The van der Waals surface area contributed by atoms with E-state index < -0.39 is 10.0 Å². The minimum atomic E-state index is -3.47. The van der Waals surface area contributed by atoms with Crippen molar-refractivity contribution in [2.24, 2.45) is 17.8 Å². The second-order valence-electron chi connectivity index (χ2n) is 6.49. The van der Waals surface area contributed by atoms with Gasteiger partial charge >= 0.3 is 0 Å². The molecule has 0 saturated heterocycles. The van der Waals surface area contributed by atoms with Gasteiger partial charge in [-0.25, -0.2) is 13.1 Å². The molecule has 2 aliphatic carbocycles. The van der Waals surface area contributed by atoms with Gasteiger partial charge in [-0.05, 0) is 61.3 Å². The number of carbonyl (C=O) groups is 1. The molecule has 0 spiro atoms. The van der Waals surface area contributed by atoms with E-state index in [1.807, 2.05) is 0 Å². The highest BCUT2D eigenvalue weighted by Gasteiger charge is 2.39. The lowest BCUT2D eigenvalue weighted by molar-refractivity contribution is -0.114. The lowest BCUT2D eigenvalue weighted by atomic mass is 9.89. The molecule has 2 fully saturated rings. The zero-order valence-electron chi connectivity index (χ0n) is 12.7. The van der Waals surface area contributed by atoms with E-state index in [9.17, 15) is 13.2 Å². The number of sulfonamides is 1. The van der Waals surface area contributed by atoms with Crippen LogP contribution in [0.15, 0.2) is 29.2 Å². The molecule has 22 heavy (non-hydrogen) atoms. The molecule has 120 valence electrons. The highest BCUT2D eigenvalue weighted by molar-refractivity contribution is 7.89. The molecule has 2 N–H and O–H groups in total. The molecule has 1 amide bonds. The maximum atomic E-state index is 12.3. The van der Waals surface area contributed by atoms with Crippen molar-refractivity contribution >= 4 is 21.6 Å². The van der Waals surface area contributed by atoms with Gasteiger partial charge in [-0.1, -0.05) is 6.42 Å². The van der Waals surface area contributed by atoms with E-state index in [4.69, 9.17) is 0 Å². The van der Waals surface area contributed by atoms with Crippen LogP contribution in [0.1, 0.15) is 32.6 Å². The van der Waals surface area contributed by atoms with Crippen molar-refractivity contribution in [3.63, 3.8) is 0 Å². The topological polar surface area (TPSA) is 75.3 Å². The highest BCUT2D eigenvalue weighted by Crippen LogP contribution is 2.48. The van der Waals surface area contributed by atoms with Gasteiger partial charge in [0.1, 0.15) is 0 Å². The number of rotatable bonds is 5. The Labute approximate surface area is 131 Å². The molecule has 2 saturated carbocycles. The standard InChI is InChI=1S/C16H22N2O3S/c1-11(19)18-15-4-6-16(7-5-15)22(20,21)17-10-14-9-12-2-3-13(14)8-12/h4-7,12-14,17H,2-3,8-10H2,1H3,(H,18,19)/t12-,13+,14+/m1/s1. The summed E-state index contributed by atoms with van der Waals surface area (Å²) < 4.78 is 27.4. The lowest BCUT2D eigenvalue weighted by Crippen LogP contribution is -2.31. The first kappa shape index (κ1) is 15.5. The maximum Gasteiger partial charge on any atom is 0.240 e. The second-order valence-corrected chi connectivity index (χ2v) is 8.26. The maximum absolute atomic E-state index is 12.3. The van der Waals surface area contributed by atoms with Crippen LogP contribution in [0.4, 0.5) is 5.69 Å². The first-order valence-electron chi connectivity index (χ1n) is 7.81. The Balaban J connectivity index is 1.61. The molecule has 0 heterocycles. The van der Waals surface area contributed by atoms with Crippen molar-refractivity contribution < 1.29 is 13.2 Å². The van der Waals surface area contributed by atoms with Crippen LogP contribution in [0.3, 0.4) is 0 Å². The van der Waals surface area contributed by atoms with Crippen LogP contribution in [0.5, 0.6) is 0 Å². The van der Waals surface area contributed by atoms with Crippen molar-refractivity contribution in [1.29, 1.82) is 0 Å². The van der Waals surface area contributed by atoms with Gasteiger partial charge in [-0.15, -0.1) is 0 Å². The van der Waals surface area contributed by atoms with Crippen molar-refractivity contribution in [3.05, 3.63) is 24.3 Å². The van der Waals surface area contributed by atoms with Crippen molar-refractivity contribution in [2.75, 3.05) is 11.9 Å². The summed E-state index contributed by atoms with van der Waals surface area (Å²) in [5.41, 5.74) is 0.597. The number of carbonyl (C=O) groups excluding carboxylic acids is 1. The van der Waals surface area contributed by atoms with Gasteiger partial charge in [0.05, 0.1) is 4.90 Å². The molecule has 0 aliphatic heterocycles.